The highest BCUT2D eigenvalue weighted by Crippen LogP contribution is 2.26. The summed E-state index contributed by atoms with van der Waals surface area (Å²) in [6.07, 6.45) is 5.48. The van der Waals surface area contributed by atoms with Crippen molar-refractivity contribution in [3.63, 3.8) is 0 Å². The smallest absolute Gasteiger partial charge is 0.287 e. The number of hydrogen-bond acceptors (Lipinski definition) is 3. The van der Waals surface area contributed by atoms with Gasteiger partial charge in [-0.15, -0.1) is 11.6 Å². The van der Waals surface area contributed by atoms with Crippen LogP contribution < -0.4 is 5.32 Å². The molecule has 0 spiro atoms. The van der Waals surface area contributed by atoms with Crippen LogP contribution in [-0.2, 0) is 7.05 Å². The Morgan fingerprint density at radius 3 is 2.85 bits per heavy atom. The average molecular weight is 300 g/mol. The van der Waals surface area contributed by atoms with E-state index >= 15 is 0 Å². The molecule has 2 rings (SSSR count). The van der Waals surface area contributed by atoms with Crippen LogP contribution in [0.2, 0.25) is 0 Å². The van der Waals surface area contributed by atoms with Crippen LogP contribution in [0.1, 0.15) is 36.2 Å². The molecule has 0 radical (unpaired) electrons. The summed E-state index contributed by atoms with van der Waals surface area (Å²) in [5.74, 6) is 0.533. The van der Waals surface area contributed by atoms with E-state index in [9.17, 15) is 14.9 Å². The lowest BCUT2D eigenvalue weighted by Crippen LogP contribution is -2.43. The first kappa shape index (κ1) is 14.8. The summed E-state index contributed by atoms with van der Waals surface area (Å²) in [5.41, 5.74) is 0.228. The van der Waals surface area contributed by atoms with E-state index in [0.29, 0.717) is 11.6 Å². The summed E-state index contributed by atoms with van der Waals surface area (Å²) in [6.45, 7) is 0. The number of carbonyl (C=O) groups is 1. The van der Waals surface area contributed by atoms with Crippen molar-refractivity contribution < 1.29 is 9.72 Å². The first-order valence-electron chi connectivity index (χ1n) is 6.70. The van der Waals surface area contributed by atoms with E-state index in [-0.39, 0.29) is 23.6 Å². The molecule has 1 N–H and O–H groups in total. The average Bonchev–Trinajstić information content (AvgIpc) is 2.82. The van der Waals surface area contributed by atoms with Gasteiger partial charge >= 0.3 is 0 Å². The number of aromatic nitrogens is 1. The Morgan fingerprint density at radius 1 is 1.55 bits per heavy atom. The van der Waals surface area contributed by atoms with E-state index in [4.69, 9.17) is 11.6 Å². The Hall–Kier alpha value is -1.56. The van der Waals surface area contributed by atoms with E-state index in [1.165, 1.54) is 16.8 Å². The molecule has 1 saturated carbocycles. The molecule has 1 aliphatic rings. The number of amides is 1. The number of nitrogens with zero attached hydrogens (tertiary/aromatic N) is 2. The fraction of sp³-hybridized carbons (Fsp3) is 0.615. The zero-order chi connectivity index (χ0) is 14.7. The molecular weight excluding hydrogens is 282 g/mol. The van der Waals surface area contributed by atoms with Crippen LogP contribution in [0, 0.1) is 16.0 Å². The van der Waals surface area contributed by atoms with E-state index < -0.39 is 4.92 Å². The fourth-order valence-electron chi connectivity index (χ4n) is 2.70. The van der Waals surface area contributed by atoms with Gasteiger partial charge < -0.3 is 9.88 Å². The molecule has 1 aromatic rings. The van der Waals surface area contributed by atoms with Crippen LogP contribution >= 0.6 is 11.6 Å². The van der Waals surface area contributed by atoms with Gasteiger partial charge in [0.1, 0.15) is 5.69 Å². The third-order valence-electron chi connectivity index (χ3n) is 3.86. The first-order chi connectivity index (χ1) is 9.52. The van der Waals surface area contributed by atoms with Crippen molar-refractivity contribution in [2.75, 3.05) is 5.88 Å². The Labute approximate surface area is 122 Å². The predicted molar refractivity (Wildman–Crippen MR) is 76.0 cm³/mol. The molecule has 0 aliphatic heterocycles. The second-order valence-corrected chi connectivity index (χ2v) is 5.54. The van der Waals surface area contributed by atoms with Gasteiger partial charge in [0.2, 0.25) is 0 Å². The molecular formula is C13H18ClN3O3. The summed E-state index contributed by atoms with van der Waals surface area (Å²) in [7, 11) is 1.63. The molecule has 0 bridgehead atoms. The van der Waals surface area contributed by atoms with Gasteiger partial charge in [0, 0.05) is 25.0 Å². The van der Waals surface area contributed by atoms with Crippen molar-refractivity contribution in [2.24, 2.45) is 13.0 Å². The predicted octanol–water partition coefficient (Wildman–Crippen LogP) is 2.46. The van der Waals surface area contributed by atoms with Crippen LogP contribution in [-0.4, -0.2) is 27.3 Å². The molecule has 1 heterocycles. The van der Waals surface area contributed by atoms with E-state index in [1.54, 1.807) is 7.05 Å². The number of hydrogen-bond donors (Lipinski definition) is 1. The van der Waals surface area contributed by atoms with Crippen LogP contribution in [0.15, 0.2) is 12.3 Å². The van der Waals surface area contributed by atoms with Crippen molar-refractivity contribution in [3.05, 3.63) is 28.1 Å². The maximum atomic E-state index is 12.2. The molecule has 1 aromatic heterocycles. The van der Waals surface area contributed by atoms with Crippen molar-refractivity contribution in [1.82, 2.24) is 9.88 Å². The van der Waals surface area contributed by atoms with Gasteiger partial charge in [-0.25, -0.2) is 0 Å². The van der Waals surface area contributed by atoms with Crippen molar-refractivity contribution in [1.29, 1.82) is 0 Å². The van der Waals surface area contributed by atoms with E-state index in [0.717, 1.165) is 25.7 Å². The normalized spacial score (nSPS) is 22.5. The zero-order valence-electron chi connectivity index (χ0n) is 11.3. The van der Waals surface area contributed by atoms with Gasteiger partial charge in [-0.05, 0) is 18.8 Å². The number of aryl methyl sites for hydroxylation is 1. The lowest BCUT2D eigenvalue weighted by Gasteiger charge is -2.30. The van der Waals surface area contributed by atoms with Gasteiger partial charge in [0.05, 0.1) is 11.1 Å². The molecule has 1 amide bonds. The maximum Gasteiger partial charge on any atom is 0.287 e. The highest BCUT2D eigenvalue weighted by molar-refractivity contribution is 6.18. The molecule has 110 valence electrons. The van der Waals surface area contributed by atoms with E-state index in [2.05, 4.69) is 5.32 Å². The van der Waals surface area contributed by atoms with Gasteiger partial charge in [0.15, 0.2) is 0 Å². The monoisotopic (exact) mass is 299 g/mol. The molecule has 6 nitrogen and oxygen atoms in total. The van der Waals surface area contributed by atoms with E-state index in [1.807, 2.05) is 0 Å². The second kappa shape index (κ2) is 6.26. The molecule has 0 saturated heterocycles. The minimum Gasteiger partial charge on any atom is -0.348 e. The van der Waals surface area contributed by atoms with Gasteiger partial charge in [-0.1, -0.05) is 12.8 Å². The van der Waals surface area contributed by atoms with Gasteiger partial charge in [-0.3, -0.25) is 14.9 Å². The van der Waals surface area contributed by atoms with Crippen LogP contribution in [0.4, 0.5) is 5.69 Å². The lowest BCUT2D eigenvalue weighted by atomic mass is 9.85. The molecule has 1 aliphatic carbocycles. The number of nitro groups is 1. The molecule has 7 heteroatoms. The highest BCUT2D eigenvalue weighted by atomic mass is 35.5. The number of carbonyl (C=O) groups excluding carboxylic acids is 1. The summed E-state index contributed by atoms with van der Waals surface area (Å²) in [5, 5.41) is 13.7. The zero-order valence-corrected chi connectivity index (χ0v) is 12.1. The number of nitrogens with one attached hydrogen (secondary N) is 1. The molecule has 20 heavy (non-hydrogen) atoms. The molecule has 1 fully saturated rings. The number of rotatable bonds is 4. The Morgan fingerprint density at radius 2 is 2.25 bits per heavy atom. The quantitative estimate of drug-likeness (QED) is 0.527. The topological polar surface area (TPSA) is 77.2 Å². The minimum atomic E-state index is -0.501. The molecule has 2 atom stereocenters. The SMILES string of the molecule is Cn1cc([N+](=O)[O-])cc1C(=O)NC1CCCCC1CCl. The third kappa shape index (κ3) is 3.12. The first-order valence-corrected chi connectivity index (χ1v) is 7.24. The standard InChI is InChI=1S/C13H18ClN3O3/c1-16-8-10(17(19)20)6-12(16)13(18)15-11-5-3-2-4-9(11)7-14/h6,8-9,11H,2-5,7H2,1H3,(H,15,18). The second-order valence-electron chi connectivity index (χ2n) is 5.23. The highest BCUT2D eigenvalue weighted by Gasteiger charge is 2.27. The van der Waals surface area contributed by atoms with Gasteiger partial charge in [-0.2, -0.15) is 0 Å². The largest absolute Gasteiger partial charge is 0.348 e. The summed E-state index contributed by atoms with van der Waals surface area (Å²) in [6, 6.07) is 1.36. The Bertz CT molecular complexity index is 515. The molecule has 0 aromatic carbocycles. The summed E-state index contributed by atoms with van der Waals surface area (Å²) in [4.78, 5) is 22.5. The fourth-order valence-corrected chi connectivity index (χ4v) is 3.07. The van der Waals surface area contributed by atoms with Crippen LogP contribution in [0.25, 0.3) is 0 Å². The van der Waals surface area contributed by atoms with Crippen molar-refractivity contribution >= 4 is 23.2 Å². The van der Waals surface area contributed by atoms with Crippen molar-refractivity contribution in [3.8, 4) is 0 Å². The summed E-state index contributed by atoms with van der Waals surface area (Å²) < 4.78 is 1.48. The summed E-state index contributed by atoms with van der Waals surface area (Å²) >= 11 is 5.94. The number of halogens is 1. The van der Waals surface area contributed by atoms with Gasteiger partial charge in [0.25, 0.3) is 11.6 Å². The van der Waals surface area contributed by atoms with Crippen molar-refractivity contribution in [2.45, 2.75) is 31.7 Å². The Kier molecular flexibility index (Phi) is 4.65. The minimum absolute atomic E-state index is 0.0581. The maximum absolute atomic E-state index is 12.2. The molecule has 2 unspecified atom stereocenters. The van der Waals surface area contributed by atoms with Crippen LogP contribution in [0.3, 0.4) is 0 Å². The van der Waals surface area contributed by atoms with Crippen LogP contribution in [0.5, 0.6) is 0 Å². The Balaban J connectivity index is 2.09. The third-order valence-corrected chi connectivity index (χ3v) is 4.25. The lowest BCUT2D eigenvalue weighted by molar-refractivity contribution is -0.384. The number of alkyl halides is 1.